The van der Waals surface area contributed by atoms with E-state index in [2.05, 4.69) is 27.2 Å². The first-order valence-electron chi connectivity index (χ1n) is 4.61. The predicted octanol–water partition coefficient (Wildman–Crippen LogP) is 2.96. The predicted molar refractivity (Wildman–Crippen MR) is 67.1 cm³/mol. The standard InChI is InChI=1S/C11H12BrNOS/c1-4-8(5-2)13-11(14)9-6-7(3)10(12)15-9/h1,6,8H,5H2,2-3H3,(H,13,14). The van der Waals surface area contributed by atoms with E-state index in [1.807, 2.05) is 19.9 Å². The van der Waals surface area contributed by atoms with Gasteiger partial charge in [0.15, 0.2) is 0 Å². The van der Waals surface area contributed by atoms with Crippen LogP contribution in [-0.4, -0.2) is 11.9 Å². The first kappa shape index (κ1) is 12.3. The molecule has 0 saturated heterocycles. The Morgan fingerprint density at radius 3 is 2.87 bits per heavy atom. The summed E-state index contributed by atoms with van der Waals surface area (Å²) >= 11 is 4.80. The average molecular weight is 286 g/mol. The highest BCUT2D eigenvalue weighted by atomic mass is 79.9. The van der Waals surface area contributed by atoms with Gasteiger partial charge in [0.1, 0.15) is 0 Å². The molecule has 0 aromatic carbocycles. The molecule has 1 amide bonds. The van der Waals surface area contributed by atoms with Gasteiger partial charge in [-0.3, -0.25) is 4.79 Å². The van der Waals surface area contributed by atoms with Gasteiger partial charge in [0, 0.05) is 0 Å². The second-order valence-electron chi connectivity index (χ2n) is 3.17. The molecule has 0 aliphatic rings. The molecule has 1 aromatic rings. The van der Waals surface area contributed by atoms with Crippen LogP contribution in [0.5, 0.6) is 0 Å². The molecule has 4 heteroatoms. The molecule has 1 rings (SSSR count). The molecule has 1 heterocycles. The summed E-state index contributed by atoms with van der Waals surface area (Å²) < 4.78 is 0.987. The van der Waals surface area contributed by atoms with Crippen molar-refractivity contribution in [2.24, 2.45) is 0 Å². The average Bonchev–Trinajstić information content (AvgIpc) is 2.55. The van der Waals surface area contributed by atoms with Gasteiger partial charge < -0.3 is 5.32 Å². The van der Waals surface area contributed by atoms with Gasteiger partial charge in [-0.25, -0.2) is 0 Å². The molecule has 0 aliphatic carbocycles. The third-order valence-corrected chi connectivity index (χ3v) is 4.13. The minimum atomic E-state index is -0.182. The molecular weight excluding hydrogens is 274 g/mol. The summed E-state index contributed by atoms with van der Waals surface area (Å²) in [6.45, 7) is 3.90. The van der Waals surface area contributed by atoms with E-state index < -0.39 is 0 Å². The van der Waals surface area contributed by atoms with Crippen LogP contribution in [0.2, 0.25) is 0 Å². The minimum Gasteiger partial charge on any atom is -0.338 e. The van der Waals surface area contributed by atoms with Crippen LogP contribution in [0.25, 0.3) is 0 Å². The molecule has 1 unspecified atom stereocenters. The highest BCUT2D eigenvalue weighted by Gasteiger charge is 2.13. The van der Waals surface area contributed by atoms with Gasteiger partial charge >= 0.3 is 0 Å². The molecule has 1 N–H and O–H groups in total. The molecule has 0 fully saturated rings. The largest absolute Gasteiger partial charge is 0.338 e. The molecule has 15 heavy (non-hydrogen) atoms. The Hall–Kier alpha value is -0.790. The highest BCUT2D eigenvalue weighted by molar-refractivity contribution is 9.11. The SMILES string of the molecule is C#CC(CC)NC(=O)c1cc(C)c(Br)s1. The lowest BCUT2D eigenvalue weighted by Crippen LogP contribution is -2.32. The number of hydrogen-bond acceptors (Lipinski definition) is 2. The van der Waals surface area contributed by atoms with Crippen LogP contribution in [0.15, 0.2) is 9.85 Å². The smallest absolute Gasteiger partial charge is 0.262 e. The van der Waals surface area contributed by atoms with E-state index in [9.17, 15) is 4.79 Å². The fraction of sp³-hybridized carbons (Fsp3) is 0.364. The van der Waals surface area contributed by atoms with Gasteiger partial charge in [-0.15, -0.1) is 17.8 Å². The molecular formula is C11H12BrNOS. The summed E-state index contributed by atoms with van der Waals surface area (Å²) in [4.78, 5) is 12.4. The number of nitrogens with one attached hydrogen (secondary N) is 1. The molecule has 0 bridgehead atoms. The normalized spacial score (nSPS) is 11.9. The number of aryl methyl sites for hydroxylation is 1. The van der Waals surface area contributed by atoms with E-state index >= 15 is 0 Å². The molecule has 0 saturated carbocycles. The maximum atomic E-state index is 11.7. The maximum Gasteiger partial charge on any atom is 0.262 e. The van der Waals surface area contributed by atoms with Crippen LogP contribution >= 0.6 is 27.3 Å². The summed E-state index contributed by atoms with van der Waals surface area (Å²) in [5.74, 6) is 2.44. The van der Waals surface area contributed by atoms with Crippen LogP contribution in [0, 0.1) is 19.3 Å². The lowest BCUT2D eigenvalue weighted by Gasteiger charge is -2.08. The highest BCUT2D eigenvalue weighted by Crippen LogP contribution is 2.27. The first-order valence-corrected chi connectivity index (χ1v) is 6.22. The molecule has 80 valence electrons. The van der Waals surface area contributed by atoms with E-state index in [4.69, 9.17) is 6.42 Å². The third-order valence-electron chi connectivity index (χ3n) is 2.00. The van der Waals surface area contributed by atoms with Crippen LogP contribution in [0.4, 0.5) is 0 Å². The molecule has 0 radical (unpaired) electrons. The molecule has 2 nitrogen and oxygen atoms in total. The topological polar surface area (TPSA) is 29.1 Å². The lowest BCUT2D eigenvalue weighted by molar-refractivity contribution is 0.0949. The Morgan fingerprint density at radius 2 is 2.47 bits per heavy atom. The monoisotopic (exact) mass is 285 g/mol. The number of hydrogen-bond donors (Lipinski definition) is 1. The summed E-state index contributed by atoms with van der Waals surface area (Å²) in [7, 11) is 0. The fourth-order valence-corrected chi connectivity index (χ4v) is 2.50. The Morgan fingerprint density at radius 1 is 1.80 bits per heavy atom. The molecule has 0 spiro atoms. The maximum absolute atomic E-state index is 11.7. The molecule has 1 aromatic heterocycles. The van der Waals surface area contributed by atoms with Gasteiger partial charge in [-0.2, -0.15) is 0 Å². The number of rotatable bonds is 3. The van der Waals surface area contributed by atoms with E-state index in [1.165, 1.54) is 11.3 Å². The van der Waals surface area contributed by atoms with Crippen molar-refractivity contribution in [3.05, 3.63) is 20.3 Å². The van der Waals surface area contributed by atoms with Crippen molar-refractivity contribution in [1.82, 2.24) is 5.32 Å². The summed E-state index contributed by atoms with van der Waals surface area (Å²) in [6, 6.07) is 1.67. The third kappa shape index (κ3) is 3.08. The summed E-state index contributed by atoms with van der Waals surface area (Å²) in [5.41, 5.74) is 1.07. The van der Waals surface area contributed by atoms with Crippen LogP contribution in [0.1, 0.15) is 28.6 Å². The second-order valence-corrected chi connectivity index (χ2v) is 5.54. The zero-order chi connectivity index (χ0) is 11.4. The number of amides is 1. The first-order chi connectivity index (χ1) is 7.08. The van der Waals surface area contributed by atoms with E-state index in [0.29, 0.717) is 4.88 Å². The molecule has 1 atom stereocenters. The minimum absolute atomic E-state index is 0.0985. The number of carbonyl (C=O) groups excluding carboxylic acids is 1. The Kier molecular flexibility index (Phi) is 4.37. The van der Waals surface area contributed by atoms with Crippen molar-refractivity contribution >= 4 is 33.2 Å². The van der Waals surface area contributed by atoms with Crippen LogP contribution in [0.3, 0.4) is 0 Å². The van der Waals surface area contributed by atoms with Gasteiger partial charge in [-0.1, -0.05) is 12.8 Å². The zero-order valence-electron chi connectivity index (χ0n) is 8.63. The summed E-state index contributed by atoms with van der Waals surface area (Å²) in [5, 5.41) is 2.79. The van der Waals surface area contributed by atoms with Crippen molar-refractivity contribution in [2.75, 3.05) is 0 Å². The van der Waals surface area contributed by atoms with E-state index in [-0.39, 0.29) is 11.9 Å². The number of carbonyl (C=O) groups is 1. The van der Waals surface area contributed by atoms with Crippen molar-refractivity contribution < 1.29 is 4.79 Å². The van der Waals surface area contributed by atoms with E-state index in [1.54, 1.807) is 0 Å². The van der Waals surface area contributed by atoms with Gasteiger partial charge in [0.05, 0.1) is 14.7 Å². The Balaban J connectivity index is 2.74. The Labute approximate surface area is 102 Å². The quantitative estimate of drug-likeness (QED) is 0.850. The number of terminal acetylenes is 1. The van der Waals surface area contributed by atoms with Crippen molar-refractivity contribution in [1.29, 1.82) is 0 Å². The van der Waals surface area contributed by atoms with Gasteiger partial charge in [0.25, 0.3) is 5.91 Å². The Bertz CT molecular complexity index is 386. The van der Waals surface area contributed by atoms with Crippen molar-refractivity contribution in [2.45, 2.75) is 26.3 Å². The lowest BCUT2D eigenvalue weighted by atomic mass is 10.2. The molecule has 0 aliphatic heterocycles. The number of thiophene rings is 1. The van der Waals surface area contributed by atoms with Crippen LogP contribution in [-0.2, 0) is 0 Å². The summed E-state index contributed by atoms with van der Waals surface area (Å²) in [6.07, 6.45) is 6.02. The van der Waals surface area contributed by atoms with Crippen molar-refractivity contribution in [3.8, 4) is 12.3 Å². The second kappa shape index (κ2) is 5.34. The van der Waals surface area contributed by atoms with Crippen molar-refractivity contribution in [3.63, 3.8) is 0 Å². The zero-order valence-corrected chi connectivity index (χ0v) is 11.0. The van der Waals surface area contributed by atoms with Crippen LogP contribution < -0.4 is 5.32 Å². The number of halogens is 1. The van der Waals surface area contributed by atoms with Gasteiger partial charge in [0.2, 0.25) is 0 Å². The van der Waals surface area contributed by atoms with Gasteiger partial charge in [-0.05, 0) is 40.9 Å². The fourth-order valence-electron chi connectivity index (χ4n) is 1.06. The van der Waals surface area contributed by atoms with E-state index in [0.717, 1.165) is 15.8 Å².